The van der Waals surface area contributed by atoms with E-state index >= 15 is 0 Å². The van der Waals surface area contributed by atoms with Crippen LogP contribution in [0.1, 0.15) is 38.2 Å². The van der Waals surface area contributed by atoms with Gasteiger partial charge in [0.1, 0.15) is 0 Å². The molecule has 1 aromatic carbocycles. The molecule has 2 heterocycles. The first-order valence-corrected chi connectivity index (χ1v) is 9.07. The van der Waals surface area contributed by atoms with Crippen LogP contribution in [0.4, 0.5) is 0 Å². The molecule has 1 N–H and O–H groups in total. The quantitative estimate of drug-likeness (QED) is 0.903. The van der Waals surface area contributed by atoms with E-state index in [0.29, 0.717) is 5.91 Å². The van der Waals surface area contributed by atoms with Gasteiger partial charge >= 0.3 is 0 Å². The van der Waals surface area contributed by atoms with Gasteiger partial charge in [0.25, 0.3) is 0 Å². The zero-order valence-electron chi connectivity index (χ0n) is 14.3. The van der Waals surface area contributed by atoms with Gasteiger partial charge in [0.15, 0.2) is 0 Å². The summed E-state index contributed by atoms with van der Waals surface area (Å²) in [6.45, 7) is 7.56. The minimum atomic E-state index is 0.287. The summed E-state index contributed by atoms with van der Waals surface area (Å²) in [6.07, 6.45) is 6.79. The Morgan fingerprint density at radius 1 is 1.17 bits per heavy atom. The summed E-state index contributed by atoms with van der Waals surface area (Å²) in [4.78, 5) is 16.2. The second kappa shape index (κ2) is 7.78. The van der Waals surface area contributed by atoms with E-state index in [-0.39, 0.29) is 5.92 Å². The molecule has 124 valence electrons. The number of piperidine rings is 1. The Hall–Kier alpha value is -1.61. The molecule has 0 saturated carbocycles. The van der Waals surface area contributed by atoms with Gasteiger partial charge in [0.2, 0.25) is 5.91 Å². The summed E-state index contributed by atoms with van der Waals surface area (Å²) in [5.74, 6) is 0.716. The monoisotopic (exact) mass is 313 g/mol. The average molecular weight is 313 g/mol. The highest BCUT2D eigenvalue weighted by molar-refractivity contribution is 5.79. The molecule has 0 aromatic heterocycles. The highest BCUT2D eigenvalue weighted by Crippen LogP contribution is 2.17. The van der Waals surface area contributed by atoms with Crippen molar-refractivity contribution < 1.29 is 9.69 Å². The Morgan fingerprint density at radius 3 is 2.48 bits per heavy atom. The number of quaternary nitrogens is 1. The van der Waals surface area contributed by atoms with Crippen LogP contribution in [0.15, 0.2) is 35.9 Å². The molecule has 2 aliphatic heterocycles. The Balaban J connectivity index is 1.47. The first-order valence-electron chi connectivity index (χ1n) is 9.07. The fourth-order valence-corrected chi connectivity index (χ4v) is 3.92. The number of hydrogen-bond donors (Lipinski definition) is 1. The molecule has 0 unspecified atom stereocenters. The van der Waals surface area contributed by atoms with Crippen LogP contribution in [0.5, 0.6) is 0 Å². The van der Waals surface area contributed by atoms with Crippen molar-refractivity contribution in [1.29, 1.82) is 0 Å². The van der Waals surface area contributed by atoms with E-state index in [2.05, 4.69) is 48.2 Å². The molecule has 0 spiro atoms. The number of carbonyl (C=O) groups excluding carboxylic acids is 1. The molecule has 3 nitrogen and oxygen atoms in total. The maximum absolute atomic E-state index is 12.5. The number of rotatable bonds is 4. The van der Waals surface area contributed by atoms with Crippen LogP contribution in [-0.2, 0) is 4.79 Å². The van der Waals surface area contributed by atoms with Crippen LogP contribution < -0.4 is 4.90 Å². The third kappa shape index (κ3) is 4.44. The van der Waals surface area contributed by atoms with Gasteiger partial charge in [-0.05, 0) is 30.9 Å². The fourth-order valence-electron chi connectivity index (χ4n) is 3.92. The molecule has 0 radical (unpaired) electrons. The molecule has 2 fully saturated rings. The van der Waals surface area contributed by atoms with Crippen molar-refractivity contribution in [2.24, 2.45) is 5.92 Å². The SMILES string of the molecule is C/C(=C\c1ccccc1)C[NH+]1CCC(C(=O)N2CCCC2)CC1. The van der Waals surface area contributed by atoms with Crippen LogP contribution in [-0.4, -0.2) is 43.5 Å². The molecule has 1 amide bonds. The predicted molar refractivity (Wildman–Crippen MR) is 94.2 cm³/mol. The van der Waals surface area contributed by atoms with E-state index in [1.54, 1.807) is 4.90 Å². The summed E-state index contributed by atoms with van der Waals surface area (Å²) >= 11 is 0. The van der Waals surface area contributed by atoms with Crippen LogP contribution in [0.25, 0.3) is 6.08 Å². The lowest BCUT2D eigenvalue weighted by atomic mass is 9.95. The molecule has 2 saturated heterocycles. The molecule has 2 aliphatic rings. The van der Waals surface area contributed by atoms with Gasteiger partial charge in [-0.25, -0.2) is 0 Å². The Morgan fingerprint density at radius 2 is 1.83 bits per heavy atom. The highest BCUT2D eigenvalue weighted by atomic mass is 16.2. The molecule has 1 aromatic rings. The van der Waals surface area contributed by atoms with Crippen molar-refractivity contribution in [1.82, 2.24) is 4.90 Å². The zero-order chi connectivity index (χ0) is 16.1. The lowest BCUT2D eigenvalue weighted by Gasteiger charge is -2.31. The molecule has 0 atom stereocenters. The lowest BCUT2D eigenvalue weighted by molar-refractivity contribution is -0.900. The van der Waals surface area contributed by atoms with Crippen molar-refractivity contribution in [3.63, 3.8) is 0 Å². The van der Waals surface area contributed by atoms with Crippen LogP contribution in [0.2, 0.25) is 0 Å². The summed E-state index contributed by atoms with van der Waals surface area (Å²) < 4.78 is 0. The maximum atomic E-state index is 12.5. The highest BCUT2D eigenvalue weighted by Gasteiger charge is 2.31. The second-order valence-corrected chi connectivity index (χ2v) is 7.13. The van der Waals surface area contributed by atoms with Crippen LogP contribution >= 0.6 is 0 Å². The fraction of sp³-hybridized carbons (Fsp3) is 0.550. The molecule has 3 rings (SSSR count). The number of nitrogens with one attached hydrogen (secondary N) is 1. The minimum absolute atomic E-state index is 0.287. The summed E-state index contributed by atoms with van der Waals surface area (Å²) in [5.41, 5.74) is 2.71. The van der Waals surface area contributed by atoms with E-state index in [4.69, 9.17) is 0 Å². The summed E-state index contributed by atoms with van der Waals surface area (Å²) in [7, 11) is 0. The second-order valence-electron chi connectivity index (χ2n) is 7.13. The van der Waals surface area contributed by atoms with Gasteiger partial charge in [-0.3, -0.25) is 4.79 Å². The maximum Gasteiger partial charge on any atom is 0.226 e. The Labute approximate surface area is 140 Å². The number of carbonyl (C=O) groups is 1. The Bertz CT molecular complexity index is 538. The predicted octanol–water partition coefficient (Wildman–Crippen LogP) is 2.01. The van der Waals surface area contributed by atoms with E-state index < -0.39 is 0 Å². The van der Waals surface area contributed by atoms with Crippen LogP contribution in [0.3, 0.4) is 0 Å². The molecule has 23 heavy (non-hydrogen) atoms. The standard InChI is InChI=1S/C20H28N2O/c1-17(15-18-7-3-2-4-8-18)16-21-13-9-19(10-14-21)20(23)22-11-5-6-12-22/h2-4,7-8,15,19H,5-6,9-14,16H2,1H3/p+1/b17-15+. The van der Waals surface area contributed by atoms with Gasteiger partial charge in [0, 0.05) is 31.8 Å². The number of hydrogen-bond acceptors (Lipinski definition) is 1. The van der Waals surface area contributed by atoms with E-state index in [9.17, 15) is 4.79 Å². The zero-order valence-corrected chi connectivity index (χ0v) is 14.3. The summed E-state index contributed by atoms with van der Waals surface area (Å²) in [5, 5.41) is 0. The smallest absolute Gasteiger partial charge is 0.226 e. The number of likely N-dealkylation sites (tertiary alicyclic amines) is 2. The van der Waals surface area contributed by atoms with Crippen molar-refractivity contribution in [3.8, 4) is 0 Å². The average Bonchev–Trinajstić information content (AvgIpc) is 3.10. The van der Waals surface area contributed by atoms with Crippen LogP contribution in [0, 0.1) is 5.92 Å². The van der Waals surface area contributed by atoms with E-state index in [1.165, 1.54) is 24.0 Å². The van der Waals surface area contributed by atoms with Gasteiger partial charge in [0.05, 0.1) is 19.6 Å². The largest absolute Gasteiger partial charge is 0.342 e. The Kier molecular flexibility index (Phi) is 5.50. The van der Waals surface area contributed by atoms with Crippen molar-refractivity contribution in [3.05, 3.63) is 41.5 Å². The first-order chi connectivity index (χ1) is 11.2. The van der Waals surface area contributed by atoms with Crippen molar-refractivity contribution >= 4 is 12.0 Å². The third-order valence-corrected chi connectivity index (χ3v) is 5.20. The van der Waals surface area contributed by atoms with Gasteiger partial charge in [-0.15, -0.1) is 0 Å². The topological polar surface area (TPSA) is 24.8 Å². The molecule has 0 aliphatic carbocycles. The normalized spacial score (nSPS) is 25.6. The van der Waals surface area contributed by atoms with E-state index in [1.807, 2.05) is 0 Å². The third-order valence-electron chi connectivity index (χ3n) is 5.20. The van der Waals surface area contributed by atoms with Crippen molar-refractivity contribution in [2.75, 3.05) is 32.7 Å². The van der Waals surface area contributed by atoms with Gasteiger partial charge < -0.3 is 9.80 Å². The number of benzene rings is 1. The van der Waals surface area contributed by atoms with Gasteiger partial charge in [-0.1, -0.05) is 36.4 Å². The minimum Gasteiger partial charge on any atom is -0.342 e. The molecule has 0 bridgehead atoms. The number of nitrogens with zero attached hydrogens (tertiary/aromatic N) is 1. The van der Waals surface area contributed by atoms with Gasteiger partial charge in [-0.2, -0.15) is 0 Å². The van der Waals surface area contributed by atoms with Crippen molar-refractivity contribution in [2.45, 2.75) is 32.6 Å². The summed E-state index contributed by atoms with van der Waals surface area (Å²) in [6, 6.07) is 10.5. The lowest BCUT2D eigenvalue weighted by Crippen LogP contribution is -3.13. The molecular formula is C20H29N2O+. The molecule has 3 heteroatoms. The first kappa shape index (κ1) is 16.3. The number of amides is 1. The van der Waals surface area contributed by atoms with E-state index in [0.717, 1.165) is 45.6 Å². The molecular weight excluding hydrogens is 284 g/mol.